The van der Waals surface area contributed by atoms with Crippen LogP contribution in [0.4, 0.5) is 18.9 Å². The second-order valence-corrected chi connectivity index (χ2v) is 4.71. The van der Waals surface area contributed by atoms with Gasteiger partial charge in [-0.25, -0.2) is 4.79 Å². The maximum Gasteiger partial charge on any atom is 0.416 e. The smallest absolute Gasteiger partial charge is 0.416 e. The third-order valence-corrected chi connectivity index (χ3v) is 3.04. The van der Waals surface area contributed by atoms with Crippen LogP contribution < -0.4 is 5.32 Å². The standard InChI is InChI=1S/C15H11F3N2O3/c1-8-5-9(15(16,17)18)6-11(14(22)23)12(8)13(21)20-10-3-2-4-19-7-10/h2-7H,1H3,(H,20,21)(H,22,23). The van der Waals surface area contributed by atoms with Crippen molar-refractivity contribution < 1.29 is 27.9 Å². The highest BCUT2D eigenvalue weighted by molar-refractivity contribution is 6.11. The van der Waals surface area contributed by atoms with E-state index in [4.69, 9.17) is 5.11 Å². The molecule has 0 aliphatic rings. The fraction of sp³-hybridized carbons (Fsp3) is 0.133. The fourth-order valence-electron chi connectivity index (χ4n) is 2.05. The number of halogens is 3. The van der Waals surface area contributed by atoms with Crippen LogP contribution in [0, 0.1) is 6.92 Å². The number of anilines is 1. The lowest BCUT2D eigenvalue weighted by Gasteiger charge is -2.14. The number of nitrogens with zero attached hydrogens (tertiary/aromatic N) is 1. The van der Waals surface area contributed by atoms with E-state index in [9.17, 15) is 22.8 Å². The van der Waals surface area contributed by atoms with Crippen LogP contribution in [0.15, 0.2) is 36.7 Å². The molecule has 0 saturated heterocycles. The molecule has 0 unspecified atom stereocenters. The first kappa shape index (κ1) is 16.5. The van der Waals surface area contributed by atoms with Crippen LogP contribution >= 0.6 is 0 Å². The van der Waals surface area contributed by atoms with E-state index in [0.29, 0.717) is 11.8 Å². The summed E-state index contributed by atoms with van der Waals surface area (Å²) in [6.07, 6.45) is -1.90. The number of carbonyl (C=O) groups excluding carboxylic acids is 1. The number of aromatic nitrogens is 1. The van der Waals surface area contributed by atoms with Crippen molar-refractivity contribution >= 4 is 17.6 Å². The molecule has 1 heterocycles. The van der Waals surface area contributed by atoms with Crippen molar-refractivity contribution in [2.45, 2.75) is 13.1 Å². The first-order chi connectivity index (χ1) is 10.7. The Balaban J connectivity index is 2.49. The Morgan fingerprint density at radius 2 is 1.96 bits per heavy atom. The molecule has 0 atom stereocenters. The number of carbonyl (C=O) groups is 2. The summed E-state index contributed by atoms with van der Waals surface area (Å²) in [7, 11) is 0. The van der Waals surface area contributed by atoms with Crippen molar-refractivity contribution in [1.29, 1.82) is 0 Å². The third-order valence-electron chi connectivity index (χ3n) is 3.04. The summed E-state index contributed by atoms with van der Waals surface area (Å²) in [6, 6.07) is 4.26. The van der Waals surface area contributed by atoms with Gasteiger partial charge in [0.2, 0.25) is 0 Å². The maximum atomic E-state index is 12.8. The average molecular weight is 324 g/mol. The van der Waals surface area contributed by atoms with E-state index >= 15 is 0 Å². The van der Waals surface area contributed by atoms with Crippen molar-refractivity contribution in [3.8, 4) is 0 Å². The Bertz CT molecular complexity index is 759. The summed E-state index contributed by atoms with van der Waals surface area (Å²) in [6.45, 7) is 1.25. The molecule has 0 aliphatic carbocycles. The number of aryl methyl sites for hydroxylation is 1. The molecule has 0 saturated carbocycles. The van der Waals surface area contributed by atoms with Crippen LogP contribution in [0.25, 0.3) is 0 Å². The number of hydrogen-bond acceptors (Lipinski definition) is 3. The molecule has 120 valence electrons. The molecule has 5 nitrogen and oxygen atoms in total. The largest absolute Gasteiger partial charge is 0.478 e. The lowest BCUT2D eigenvalue weighted by atomic mass is 9.97. The van der Waals surface area contributed by atoms with Gasteiger partial charge in [0.1, 0.15) is 0 Å². The van der Waals surface area contributed by atoms with Crippen molar-refractivity contribution in [2.75, 3.05) is 5.32 Å². The molecular weight excluding hydrogens is 313 g/mol. The lowest BCUT2D eigenvalue weighted by molar-refractivity contribution is -0.137. The topological polar surface area (TPSA) is 79.3 Å². The molecule has 2 rings (SSSR count). The van der Waals surface area contributed by atoms with Gasteiger partial charge in [-0.15, -0.1) is 0 Å². The fourth-order valence-corrected chi connectivity index (χ4v) is 2.05. The molecule has 23 heavy (non-hydrogen) atoms. The molecule has 8 heteroatoms. The summed E-state index contributed by atoms with van der Waals surface area (Å²) in [5, 5.41) is 11.5. The Morgan fingerprint density at radius 3 is 2.48 bits per heavy atom. The van der Waals surface area contributed by atoms with Gasteiger partial charge in [-0.2, -0.15) is 13.2 Å². The average Bonchev–Trinajstić information content (AvgIpc) is 2.46. The normalized spacial score (nSPS) is 11.1. The van der Waals surface area contributed by atoms with Gasteiger partial charge in [0, 0.05) is 6.20 Å². The predicted octanol–water partition coefficient (Wildman–Crippen LogP) is 3.36. The number of alkyl halides is 3. The van der Waals surface area contributed by atoms with Gasteiger partial charge in [-0.3, -0.25) is 9.78 Å². The van der Waals surface area contributed by atoms with Crippen molar-refractivity contribution in [3.63, 3.8) is 0 Å². The van der Waals surface area contributed by atoms with E-state index in [1.54, 1.807) is 6.07 Å². The number of aromatic carboxylic acids is 1. The van der Waals surface area contributed by atoms with E-state index in [-0.39, 0.29) is 11.1 Å². The number of pyridine rings is 1. The van der Waals surface area contributed by atoms with Crippen LogP contribution in [-0.4, -0.2) is 22.0 Å². The van der Waals surface area contributed by atoms with Gasteiger partial charge in [0.05, 0.1) is 28.6 Å². The molecule has 0 radical (unpaired) electrons. The number of carboxylic acids is 1. The second kappa shape index (κ2) is 6.07. The molecule has 2 N–H and O–H groups in total. The van der Waals surface area contributed by atoms with Gasteiger partial charge in [0.25, 0.3) is 5.91 Å². The first-order valence-corrected chi connectivity index (χ1v) is 6.36. The highest BCUT2D eigenvalue weighted by Gasteiger charge is 2.33. The summed E-state index contributed by atoms with van der Waals surface area (Å²) in [5.74, 6) is -2.43. The van der Waals surface area contributed by atoms with E-state index in [0.717, 1.165) is 6.07 Å². The summed E-state index contributed by atoms with van der Waals surface area (Å²) in [5.41, 5.74) is -1.94. The van der Waals surface area contributed by atoms with Crippen LogP contribution in [0.1, 0.15) is 31.8 Å². The molecule has 1 amide bonds. The minimum Gasteiger partial charge on any atom is -0.478 e. The maximum absolute atomic E-state index is 12.8. The van der Waals surface area contributed by atoms with Crippen LogP contribution in [0.2, 0.25) is 0 Å². The highest BCUT2D eigenvalue weighted by atomic mass is 19.4. The number of carboxylic acid groups (broad SMARTS) is 1. The summed E-state index contributed by atoms with van der Waals surface area (Å²) < 4.78 is 38.4. The molecule has 0 bridgehead atoms. The van der Waals surface area contributed by atoms with E-state index in [2.05, 4.69) is 10.3 Å². The zero-order valence-electron chi connectivity index (χ0n) is 11.8. The van der Waals surface area contributed by atoms with Crippen molar-refractivity contribution in [1.82, 2.24) is 4.98 Å². The molecule has 0 fully saturated rings. The zero-order chi connectivity index (χ0) is 17.2. The van der Waals surface area contributed by atoms with Crippen molar-refractivity contribution in [2.24, 2.45) is 0 Å². The summed E-state index contributed by atoms with van der Waals surface area (Å²) in [4.78, 5) is 27.3. The number of rotatable bonds is 3. The minimum absolute atomic E-state index is 0.0846. The Morgan fingerprint density at radius 1 is 1.26 bits per heavy atom. The number of nitrogens with one attached hydrogen (secondary N) is 1. The molecule has 1 aromatic heterocycles. The molecule has 2 aromatic rings. The molecular formula is C15H11F3N2O3. The zero-order valence-corrected chi connectivity index (χ0v) is 11.8. The third kappa shape index (κ3) is 3.65. The minimum atomic E-state index is -4.70. The van der Waals surface area contributed by atoms with Crippen LogP contribution in [-0.2, 0) is 6.18 Å². The lowest BCUT2D eigenvalue weighted by Crippen LogP contribution is -2.20. The van der Waals surface area contributed by atoms with Crippen molar-refractivity contribution in [3.05, 3.63) is 58.9 Å². The van der Waals surface area contributed by atoms with Gasteiger partial charge in [-0.05, 0) is 36.8 Å². The highest BCUT2D eigenvalue weighted by Crippen LogP contribution is 2.32. The number of benzene rings is 1. The van der Waals surface area contributed by atoms with Gasteiger partial charge in [0.15, 0.2) is 0 Å². The van der Waals surface area contributed by atoms with Gasteiger partial charge < -0.3 is 10.4 Å². The molecule has 1 aromatic carbocycles. The molecule has 0 aliphatic heterocycles. The van der Waals surface area contributed by atoms with Gasteiger partial charge >= 0.3 is 12.1 Å². The SMILES string of the molecule is Cc1cc(C(F)(F)F)cc(C(=O)O)c1C(=O)Nc1cccnc1. The predicted molar refractivity (Wildman–Crippen MR) is 75.3 cm³/mol. The number of hydrogen-bond donors (Lipinski definition) is 2. The van der Waals surface area contributed by atoms with Crippen LogP contribution in [0.5, 0.6) is 0 Å². The Hall–Kier alpha value is -2.90. The van der Waals surface area contributed by atoms with Gasteiger partial charge in [-0.1, -0.05) is 0 Å². The van der Waals surface area contributed by atoms with E-state index in [1.165, 1.54) is 25.4 Å². The second-order valence-electron chi connectivity index (χ2n) is 4.71. The van der Waals surface area contributed by atoms with E-state index < -0.39 is 29.2 Å². The first-order valence-electron chi connectivity index (χ1n) is 6.36. The van der Waals surface area contributed by atoms with Crippen LogP contribution in [0.3, 0.4) is 0 Å². The quantitative estimate of drug-likeness (QED) is 0.907. The summed E-state index contributed by atoms with van der Waals surface area (Å²) >= 11 is 0. The Kier molecular flexibility index (Phi) is 4.35. The molecule has 0 spiro atoms. The monoisotopic (exact) mass is 324 g/mol. The number of amides is 1. The van der Waals surface area contributed by atoms with E-state index in [1.807, 2.05) is 0 Å². The Labute approximate surface area is 128 Å².